The number of carbonyl (C=O) groups excluding carboxylic acids is 1. The first-order chi connectivity index (χ1) is 10.7. The first-order valence-corrected chi connectivity index (χ1v) is 8.45. The van der Waals surface area contributed by atoms with Gasteiger partial charge < -0.3 is 16.4 Å². The summed E-state index contributed by atoms with van der Waals surface area (Å²) >= 11 is 0. The number of amides is 1. The molecule has 0 spiro atoms. The van der Waals surface area contributed by atoms with E-state index < -0.39 is 0 Å². The van der Waals surface area contributed by atoms with Crippen LogP contribution in [0.3, 0.4) is 0 Å². The molecule has 1 unspecified atom stereocenters. The highest BCUT2D eigenvalue weighted by Gasteiger charge is 2.35. The van der Waals surface area contributed by atoms with Gasteiger partial charge in [-0.15, -0.1) is 24.8 Å². The van der Waals surface area contributed by atoms with Crippen LogP contribution in [0.15, 0.2) is 30.3 Å². The second kappa shape index (κ2) is 11.7. The van der Waals surface area contributed by atoms with Crippen LogP contribution >= 0.6 is 24.8 Å². The topological polar surface area (TPSA) is 67.1 Å². The van der Waals surface area contributed by atoms with E-state index in [1.54, 1.807) is 0 Å². The molecule has 0 bridgehead atoms. The standard InChI is InChI=1S/C18H29N3O.2ClH/c1-15(16-8-3-2-4-9-16)21-18(11-5-6-12-18)14-20-17(22)10-7-13-19;;/h2-4,8-9,15,21H,5-7,10-14,19H2,1H3,(H,20,22);2*1H. The van der Waals surface area contributed by atoms with Gasteiger partial charge in [-0.1, -0.05) is 43.2 Å². The van der Waals surface area contributed by atoms with Gasteiger partial charge in [0, 0.05) is 24.5 Å². The Hall–Kier alpha value is -0.810. The first kappa shape index (κ1) is 23.2. The van der Waals surface area contributed by atoms with Crippen LogP contribution in [0.5, 0.6) is 0 Å². The predicted octanol–water partition coefficient (Wildman–Crippen LogP) is 3.35. The van der Waals surface area contributed by atoms with Crippen molar-refractivity contribution >= 4 is 30.7 Å². The summed E-state index contributed by atoms with van der Waals surface area (Å²) in [5.41, 5.74) is 6.79. The summed E-state index contributed by atoms with van der Waals surface area (Å²) < 4.78 is 0. The molecule has 0 saturated heterocycles. The van der Waals surface area contributed by atoms with Gasteiger partial charge in [-0.2, -0.15) is 0 Å². The van der Waals surface area contributed by atoms with E-state index in [0.29, 0.717) is 25.6 Å². The van der Waals surface area contributed by atoms with Crippen molar-refractivity contribution in [1.29, 1.82) is 0 Å². The van der Waals surface area contributed by atoms with E-state index in [9.17, 15) is 4.79 Å². The lowest BCUT2D eigenvalue weighted by Gasteiger charge is -2.34. The van der Waals surface area contributed by atoms with Gasteiger partial charge in [0.25, 0.3) is 0 Å². The zero-order valence-corrected chi connectivity index (χ0v) is 16.1. The number of hydrogen-bond acceptors (Lipinski definition) is 3. The van der Waals surface area contributed by atoms with Crippen LogP contribution in [0.4, 0.5) is 0 Å². The third-order valence-corrected chi connectivity index (χ3v) is 4.61. The highest BCUT2D eigenvalue weighted by molar-refractivity contribution is 5.85. The van der Waals surface area contributed by atoms with Crippen LogP contribution in [0, 0.1) is 0 Å². The summed E-state index contributed by atoms with van der Waals surface area (Å²) in [5, 5.41) is 6.88. The molecule has 1 aromatic carbocycles. The molecule has 0 aliphatic heterocycles. The molecule has 4 nitrogen and oxygen atoms in total. The molecular formula is C18H31Cl2N3O. The maximum atomic E-state index is 11.9. The minimum absolute atomic E-state index is 0. The first-order valence-electron chi connectivity index (χ1n) is 8.45. The fourth-order valence-corrected chi connectivity index (χ4v) is 3.33. The second-order valence-electron chi connectivity index (χ2n) is 6.43. The molecule has 1 aliphatic rings. The van der Waals surface area contributed by atoms with Gasteiger partial charge in [0.05, 0.1) is 0 Å². The van der Waals surface area contributed by atoms with E-state index in [0.717, 1.165) is 19.3 Å². The number of benzene rings is 1. The lowest BCUT2D eigenvalue weighted by molar-refractivity contribution is -0.121. The van der Waals surface area contributed by atoms with Crippen LogP contribution in [-0.4, -0.2) is 24.5 Å². The maximum Gasteiger partial charge on any atom is 0.220 e. The Morgan fingerprint density at radius 1 is 1.21 bits per heavy atom. The van der Waals surface area contributed by atoms with Crippen LogP contribution < -0.4 is 16.4 Å². The molecular weight excluding hydrogens is 345 g/mol. The minimum Gasteiger partial charge on any atom is -0.354 e. The second-order valence-corrected chi connectivity index (χ2v) is 6.43. The molecule has 6 heteroatoms. The molecule has 1 amide bonds. The fraction of sp³-hybridized carbons (Fsp3) is 0.611. The van der Waals surface area contributed by atoms with Crippen molar-refractivity contribution in [1.82, 2.24) is 10.6 Å². The van der Waals surface area contributed by atoms with Crippen molar-refractivity contribution in [2.75, 3.05) is 13.1 Å². The van der Waals surface area contributed by atoms with Crippen molar-refractivity contribution in [2.24, 2.45) is 5.73 Å². The van der Waals surface area contributed by atoms with E-state index in [1.807, 2.05) is 6.07 Å². The molecule has 1 saturated carbocycles. The van der Waals surface area contributed by atoms with Crippen molar-refractivity contribution in [3.8, 4) is 0 Å². The molecule has 0 aromatic heterocycles. The molecule has 1 fully saturated rings. The molecule has 0 radical (unpaired) electrons. The smallest absolute Gasteiger partial charge is 0.220 e. The van der Waals surface area contributed by atoms with Crippen LogP contribution in [-0.2, 0) is 4.79 Å². The highest BCUT2D eigenvalue weighted by Crippen LogP contribution is 2.31. The molecule has 1 aromatic rings. The van der Waals surface area contributed by atoms with Gasteiger partial charge in [-0.05, 0) is 38.3 Å². The minimum atomic E-state index is 0. The normalized spacial score (nSPS) is 16.6. The number of halogens is 2. The van der Waals surface area contributed by atoms with E-state index in [1.165, 1.54) is 18.4 Å². The SMILES string of the molecule is CC(NC1(CNC(=O)CCCN)CCCC1)c1ccccc1.Cl.Cl. The Bertz CT molecular complexity index is 465. The summed E-state index contributed by atoms with van der Waals surface area (Å²) in [6.45, 7) is 3.49. The quantitative estimate of drug-likeness (QED) is 0.652. The number of hydrogen-bond donors (Lipinski definition) is 3. The maximum absolute atomic E-state index is 11.9. The van der Waals surface area contributed by atoms with Crippen LogP contribution in [0.1, 0.15) is 57.1 Å². The van der Waals surface area contributed by atoms with E-state index in [2.05, 4.69) is 41.8 Å². The van der Waals surface area contributed by atoms with Gasteiger partial charge in [0.1, 0.15) is 0 Å². The summed E-state index contributed by atoms with van der Waals surface area (Å²) in [5.74, 6) is 0.117. The fourth-order valence-electron chi connectivity index (χ4n) is 3.33. The van der Waals surface area contributed by atoms with Gasteiger partial charge in [0.2, 0.25) is 5.91 Å². The summed E-state index contributed by atoms with van der Waals surface area (Å²) in [7, 11) is 0. The Labute approximate surface area is 158 Å². The molecule has 138 valence electrons. The average Bonchev–Trinajstić information content (AvgIpc) is 3.00. The lowest BCUT2D eigenvalue weighted by atomic mass is 9.94. The number of carbonyl (C=O) groups is 1. The van der Waals surface area contributed by atoms with E-state index >= 15 is 0 Å². The molecule has 1 atom stereocenters. The lowest BCUT2D eigenvalue weighted by Crippen LogP contribution is -2.52. The number of nitrogens with two attached hydrogens (primary N) is 1. The molecule has 2 rings (SSSR count). The molecule has 0 heterocycles. The summed E-state index contributed by atoms with van der Waals surface area (Å²) in [6, 6.07) is 10.8. The van der Waals surface area contributed by atoms with E-state index in [-0.39, 0.29) is 36.3 Å². The number of rotatable bonds is 8. The van der Waals surface area contributed by atoms with Crippen LogP contribution in [0.25, 0.3) is 0 Å². The summed E-state index contributed by atoms with van der Waals surface area (Å²) in [4.78, 5) is 11.9. The monoisotopic (exact) mass is 375 g/mol. The van der Waals surface area contributed by atoms with Gasteiger partial charge in [0.15, 0.2) is 0 Å². The van der Waals surface area contributed by atoms with Crippen molar-refractivity contribution in [3.05, 3.63) is 35.9 Å². The summed E-state index contributed by atoms with van der Waals surface area (Å²) in [6.07, 6.45) is 6.00. The zero-order chi connectivity index (χ0) is 15.8. The Balaban J connectivity index is 0.00000264. The van der Waals surface area contributed by atoms with Crippen LogP contribution in [0.2, 0.25) is 0 Å². The third kappa shape index (κ3) is 6.98. The van der Waals surface area contributed by atoms with Gasteiger partial charge in [-0.3, -0.25) is 4.79 Å². The van der Waals surface area contributed by atoms with Gasteiger partial charge >= 0.3 is 0 Å². The largest absolute Gasteiger partial charge is 0.354 e. The molecule has 4 N–H and O–H groups in total. The predicted molar refractivity (Wildman–Crippen MR) is 105 cm³/mol. The van der Waals surface area contributed by atoms with Gasteiger partial charge in [-0.25, -0.2) is 0 Å². The Morgan fingerprint density at radius 2 is 1.83 bits per heavy atom. The Kier molecular flexibility index (Phi) is 11.3. The molecule has 1 aliphatic carbocycles. The highest BCUT2D eigenvalue weighted by atomic mass is 35.5. The number of nitrogens with one attached hydrogen (secondary N) is 2. The van der Waals surface area contributed by atoms with E-state index in [4.69, 9.17) is 5.73 Å². The third-order valence-electron chi connectivity index (χ3n) is 4.61. The van der Waals surface area contributed by atoms with Crippen molar-refractivity contribution < 1.29 is 4.79 Å². The Morgan fingerprint density at radius 3 is 2.42 bits per heavy atom. The van der Waals surface area contributed by atoms with Crippen molar-refractivity contribution in [3.63, 3.8) is 0 Å². The molecule has 24 heavy (non-hydrogen) atoms. The zero-order valence-electron chi connectivity index (χ0n) is 14.4. The van der Waals surface area contributed by atoms with Crippen molar-refractivity contribution in [2.45, 2.75) is 57.0 Å². The average molecular weight is 376 g/mol.